The van der Waals surface area contributed by atoms with Crippen LogP contribution in [0.1, 0.15) is 12.8 Å². The zero-order valence-electron chi connectivity index (χ0n) is 10.3. The first-order valence-corrected chi connectivity index (χ1v) is 7.76. The number of hydrogen-bond acceptors (Lipinski definition) is 6. The Morgan fingerprint density at radius 1 is 1.16 bits per heavy atom. The van der Waals surface area contributed by atoms with Gasteiger partial charge in [0.2, 0.25) is 0 Å². The first-order chi connectivity index (χ1) is 9.27. The van der Waals surface area contributed by atoms with Gasteiger partial charge in [0.1, 0.15) is 0 Å². The van der Waals surface area contributed by atoms with Crippen molar-refractivity contribution in [2.75, 3.05) is 13.1 Å². The fourth-order valence-corrected chi connectivity index (χ4v) is 3.07. The highest BCUT2D eigenvalue weighted by Gasteiger charge is 2.18. The summed E-state index contributed by atoms with van der Waals surface area (Å²) < 4.78 is 0. The molecule has 0 saturated carbocycles. The molecule has 19 heavy (non-hydrogen) atoms. The number of nitrogens with one attached hydrogen (secondary N) is 1. The van der Waals surface area contributed by atoms with Crippen LogP contribution in [0.5, 0.6) is 0 Å². The van der Waals surface area contributed by atoms with Crippen LogP contribution in [0.25, 0.3) is 10.0 Å². The smallest absolute Gasteiger partial charge is 0.306 e. The largest absolute Gasteiger partial charge is 0.481 e. The minimum atomic E-state index is -0.642. The molecule has 1 aliphatic heterocycles. The predicted molar refractivity (Wildman–Crippen MR) is 76.5 cm³/mol. The lowest BCUT2D eigenvalue weighted by Gasteiger charge is -2.17. The van der Waals surface area contributed by atoms with E-state index in [0.717, 1.165) is 35.9 Å². The number of nitrogens with zero attached hydrogens (tertiary/aromatic N) is 2. The molecule has 1 fully saturated rings. The van der Waals surface area contributed by atoms with Gasteiger partial charge in [0.15, 0.2) is 10.0 Å². The van der Waals surface area contributed by atoms with E-state index in [1.54, 1.807) is 35.1 Å². The third-order valence-corrected chi connectivity index (χ3v) is 4.42. The standard InChI is InChI=1S/C6H4N2S2.C6H11NO2/c1-3-9-5(7-1)6-8-2-4-10-6;8-6(9)5-1-3-7-4-2-5/h1-4H;5,7H,1-4H2,(H,8,9). The highest BCUT2D eigenvalue weighted by Crippen LogP contribution is 2.22. The van der Waals surface area contributed by atoms with Gasteiger partial charge in [0, 0.05) is 23.2 Å². The van der Waals surface area contributed by atoms with Crippen molar-refractivity contribution in [1.82, 2.24) is 15.3 Å². The summed E-state index contributed by atoms with van der Waals surface area (Å²) >= 11 is 3.23. The van der Waals surface area contributed by atoms with E-state index in [2.05, 4.69) is 15.3 Å². The second-order valence-electron chi connectivity index (χ2n) is 4.04. The maximum absolute atomic E-state index is 10.3. The maximum atomic E-state index is 10.3. The number of carboxylic acid groups (broad SMARTS) is 1. The Bertz CT molecular complexity index is 447. The molecule has 0 unspecified atom stereocenters. The number of piperidine rings is 1. The molecular weight excluding hydrogens is 282 g/mol. The van der Waals surface area contributed by atoms with Crippen LogP contribution in [-0.2, 0) is 4.79 Å². The first-order valence-electron chi connectivity index (χ1n) is 6.00. The molecule has 0 bridgehead atoms. The van der Waals surface area contributed by atoms with Crippen molar-refractivity contribution in [3.05, 3.63) is 23.2 Å². The van der Waals surface area contributed by atoms with Gasteiger partial charge >= 0.3 is 5.97 Å². The fourth-order valence-electron chi connectivity index (χ4n) is 1.73. The van der Waals surface area contributed by atoms with Gasteiger partial charge in [0.05, 0.1) is 5.92 Å². The van der Waals surface area contributed by atoms with Gasteiger partial charge in [-0.15, -0.1) is 22.7 Å². The lowest BCUT2D eigenvalue weighted by molar-refractivity contribution is -0.142. The molecule has 0 aromatic carbocycles. The molecule has 1 aliphatic rings. The normalized spacial score (nSPS) is 15.6. The molecule has 5 nitrogen and oxygen atoms in total. The van der Waals surface area contributed by atoms with E-state index >= 15 is 0 Å². The van der Waals surface area contributed by atoms with Crippen molar-refractivity contribution in [2.45, 2.75) is 12.8 Å². The van der Waals surface area contributed by atoms with E-state index < -0.39 is 5.97 Å². The lowest BCUT2D eigenvalue weighted by Crippen LogP contribution is -2.31. The minimum absolute atomic E-state index is 0.0914. The second-order valence-corrected chi connectivity index (χ2v) is 5.83. The molecule has 0 radical (unpaired) electrons. The van der Waals surface area contributed by atoms with E-state index in [1.165, 1.54) is 0 Å². The van der Waals surface area contributed by atoms with E-state index in [4.69, 9.17) is 5.11 Å². The van der Waals surface area contributed by atoms with Crippen molar-refractivity contribution in [1.29, 1.82) is 0 Å². The molecular formula is C12H15N3O2S2. The summed E-state index contributed by atoms with van der Waals surface area (Å²) in [6, 6.07) is 0. The number of aromatic nitrogens is 2. The van der Waals surface area contributed by atoms with Crippen molar-refractivity contribution >= 4 is 28.6 Å². The highest BCUT2D eigenvalue weighted by atomic mass is 32.1. The van der Waals surface area contributed by atoms with E-state index in [9.17, 15) is 4.79 Å². The van der Waals surface area contributed by atoms with Crippen LogP contribution in [0.3, 0.4) is 0 Å². The zero-order chi connectivity index (χ0) is 13.5. The van der Waals surface area contributed by atoms with Gasteiger partial charge in [-0.3, -0.25) is 4.79 Å². The Labute approximate surface area is 119 Å². The van der Waals surface area contributed by atoms with Crippen LogP contribution >= 0.6 is 22.7 Å². The molecule has 2 aromatic rings. The molecule has 3 rings (SSSR count). The van der Waals surface area contributed by atoms with Gasteiger partial charge in [-0.05, 0) is 25.9 Å². The Balaban J connectivity index is 0.000000141. The van der Waals surface area contributed by atoms with Crippen LogP contribution in [0.4, 0.5) is 0 Å². The van der Waals surface area contributed by atoms with Gasteiger partial charge < -0.3 is 10.4 Å². The third-order valence-electron chi connectivity index (χ3n) is 2.74. The molecule has 3 heterocycles. The van der Waals surface area contributed by atoms with E-state index in [0.29, 0.717) is 0 Å². The quantitative estimate of drug-likeness (QED) is 0.890. The number of thiazole rings is 2. The first kappa shape index (κ1) is 14.1. The molecule has 102 valence electrons. The Morgan fingerprint density at radius 2 is 1.68 bits per heavy atom. The van der Waals surface area contributed by atoms with Gasteiger partial charge in [-0.25, -0.2) is 9.97 Å². The van der Waals surface area contributed by atoms with Crippen molar-refractivity contribution in [3.8, 4) is 10.0 Å². The molecule has 1 saturated heterocycles. The topological polar surface area (TPSA) is 75.1 Å². The van der Waals surface area contributed by atoms with E-state index in [-0.39, 0.29) is 5.92 Å². The summed E-state index contributed by atoms with van der Waals surface area (Å²) in [4.78, 5) is 18.6. The molecule has 7 heteroatoms. The number of hydrogen-bond donors (Lipinski definition) is 2. The summed E-state index contributed by atoms with van der Waals surface area (Å²) in [7, 11) is 0. The predicted octanol–water partition coefficient (Wildman–Crippen LogP) is 2.34. The molecule has 2 aromatic heterocycles. The minimum Gasteiger partial charge on any atom is -0.481 e. The van der Waals surface area contributed by atoms with Crippen molar-refractivity contribution in [2.24, 2.45) is 5.92 Å². The van der Waals surface area contributed by atoms with E-state index in [1.807, 2.05) is 10.8 Å². The average molecular weight is 297 g/mol. The Hall–Kier alpha value is -1.31. The molecule has 0 aliphatic carbocycles. The van der Waals surface area contributed by atoms with Crippen molar-refractivity contribution in [3.63, 3.8) is 0 Å². The monoisotopic (exact) mass is 297 g/mol. The van der Waals surface area contributed by atoms with Gasteiger partial charge in [0.25, 0.3) is 0 Å². The molecule has 0 amide bonds. The van der Waals surface area contributed by atoms with Crippen LogP contribution in [0, 0.1) is 5.92 Å². The Morgan fingerprint density at radius 3 is 2.00 bits per heavy atom. The Kier molecular flexibility index (Phi) is 5.44. The number of rotatable bonds is 2. The maximum Gasteiger partial charge on any atom is 0.306 e. The third kappa shape index (κ3) is 4.38. The second kappa shape index (κ2) is 7.32. The van der Waals surface area contributed by atoms with Crippen LogP contribution in [0.2, 0.25) is 0 Å². The average Bonchev–Trinajstić information content (AvgIpc) is 3.13. The van der Waals surface area contributed by atoms with Crippen LogP contribution in [0.15, 0.2) is 23.2 Å². The lowest BCUT2D eigenvalue weighted by atomic mass is 9.99. The molecule has 2 N–H and O–H groups in total. The summed E-state index contributed by atoms with van der Waals surface area (Å²) in [6.45, 7) is 1.72. The zero-order valence-corrected chi connectivity index (χ0v) is 11.9. The summed E-state index contributed by atoms with van der Waals surface area (Å²) in [5, 5.41) is 17.5. The number of carbonyl (C=O) groups is 1. The van der Waals surface area contributed by atoms with Crippen LogP contribution < -0.4 is 5.32 Å². The number of aliphatic carboxylic acids is 1. The molecule has 0 atom stereocenters. The van der Waals surface area contributed by atoms with Crippen LogP contribution in [-0.4, -0.2) is 34.1 Å². The summed E-state index contributed by atoms with van der Waals surface area (Å²) in [5.74, 6) is -0.734. The molecule has 0 spiro atoms. The number of carboxylic acids is 1. The summed E-state index contributed by atoms with van der Waals surface area (Å²) in [6.07, 6.45) is 5.16. The van der Waals surface area contributed by atoms with Crippen molar-refractivity contribution < 1.29 is 9.90 Å². The summed E-state index contributed by atoms with van der Waals surface area (Å²) in [5.41, 5.74) is 0. The van der Waals surface area contributed by atoms with Gasteiger partial charge in [-0.1, -0.05) is 0 Å². The fraction of sp³-hybridized carbons (Fsp3) is 0.417. The SMILES string of the molecule is O=C(O)C1CCNCC1.c1csc(-c2nccs2)n1. The highest BCUT2D eigenvalue weighted by molar-refractivity contribution is 7.19. The van der Waals surface area contributed by atoms with Gasteiger partial charge in [-0.2, -0.15) is 0 Å².